The number of hydrogen-bond acceptors (Lipinski definition) is 4. The molecule has 2 N–H and O–H groups in total. The number of nitrogens with zero attached hydrogens (tertiary/aromatic N) is 1. The molecule has 7 nitrogen and oxygen atoms in total. The number of hydrogen-bond donors (Lipinski definition) is 2. The summed E-state index contributed by atoms with van der Waals surface area (Å²) in [4.78, 5) is 25.9. The summed E-state index contributed by atoms with van der Waals surface area (Å²) in [5, 5.41) is 12.3. The molecule has 0 radical (unpaired) electrons. The molecule has 1 aliphatic carbocycles. The number of carboxylic acids is 1. The molecule has 10 heteroatoms. The van der Waals surface area contributed by atoms with Crippen LogP contribution >= 0.6 is 0 Å². The molecule has 1 aromatic carbocycles. The first kappa shape index (κ1) is 30.7. The Morgan fingerprint density at radius 3 is 2.35 bits per heavy atom. The van der Waals surface area contributed by atoms with E-state index in [1.54, 1.807) is 36.1 Å². The minimum Gasteiger partial charge on any atom is -0.492 e. The van der Waals surface area contributed by atoms with Crippen LogP contribution in [-0.2, 0) is 16.0 Å². The molecule has 0 heterocycles. The number of rotatable bonds is 16. The molecule has 1 fully saturated rings. The molecular formula is C27H41F3N2O5. The van der Waals surface area contributed by atoms with Gasteiger partial charge in [0.15, 0.2) is 6.10 Å². The average Bonchev–Trinajstić information content (AvgIpc) is 2.85. The van der Waals surface area contributed by atoms with Gasteiger partial charge in [-0.2, -0.15) is 13.2 Å². The summed E-state index contributed by atoms with van der Waals surface area (Å²) < 4.78 is 48.1. The monoisotopic (exact) mass is 530 g/mol. The number of carbonyl (C=O) groups is 2. The quantitative estimate of drug-likeness (QED) is 0.258. The molecule has 0 aliphatic heterocycles. The molecule has 0 bridgehead atoms. The van der Waals surface area contributed by atoms with Gasteiger partial charge in [-0.1, -0.05) is 44.2 Å². The Morgan fingerprint density at radius 2 is 1.73 bits per heavy atom. The van der Waals surface area contributed by atoms with Gasteiger partial charge in [0, 0.05) is 32.0 Å². The largest absolute Gasteiger partial charge is 0.492 e. The van der Waals surface area contributed by atoms with Crippen molar-refractivity contribution in [3.8, 4) is 5.75 Å². The number of unbranched alkanes of at least 4 members (excludes halogenated alkanes) is 3. The second-order valence-electron chi connectivity index (χ2n) is 9.53. The van der Waals surface area contributed by atoms with E-state index in [1.165, 1.54) is 6.42 Å². The third kappa shape index (κ3) is 13.0. The molecule has 1 unspecified atom stereocenters. The van der Waals surface area contributed by atoms with E-state index in [0.717, 1.165) is 31.2 Å². The number of carboxylic acid groups (broad SMARTS) is 1. The molecule has 0 saturated heterocycles. The number of amides is 2. The van der Waals surface area contributed by atoms with Crippen molar-refractivity contribution in [3.63, 3.8) is 0 Å². The fourth-order valence-electron chi connectivity index (χ4n) is 4.44. The zero-order valence-electron chi connectivity index (χ0n) is 21.7. The summed E-state index contributed by atoms with van der Waals surface area (Å²) in [5.41, 5.74) is 0.812. The first-order valence-electron chi connectivity index (χ1n) is 13.4. The standard InChI is InChI=1S/C27H41F3N2O5/c1-2-36-24(25(33)34)20-21-12-14-23(15-13-21)37-19-18-32(17-9-4-3-8-16-27(28,29)30)26(35)31-22-10-6-5-7-11-22/h12-15,22,24H,2-11,16-20H2,1H3,(H,31,35)(H,33,34). The topological polar surface area (TPSA) is 88.1 Å². The molecule has 1 aliphatic rings. The van der Waals surface area contributed by atoms with E-state index in [-0.39, 0.29) is 31.5 Å². The lowest BCUT2D eigenvalue weighted by Gasteiger charge is -2.28. The van der Waals surface area contributed by atoms with Crippen molar-refractivity contribution in [2.24, 2.45) is 0 Å². The molecule has 1 aromatic rings. The maximum Gasteiger partial charge on any atom is 0.389 e. The highest BCUT2D eigenvalue weighted by Crippen LogP contribution is 2.23. The van der Waals surface area contributed by atoms with Crippen LogP contribution in [0, 0.1) is 0 Å². The highest BCUT2D eigenvalue weighted by Gasteiger charge is 2.26. The highest BCUT2D eigenvalue weighted by molar-refractivity contribution is 5.74. The molecule has 1 saturated carbocycles. The summed E-state index contributed by atoms with van der Waals surface area (Å²) >= 11 is 0. The number of nitrogens with one attached hydrogen (secondary N) is 1. The Balaban J connectivity index is 1.83. The van der Waals surface area contributed by atoms with Crippen LogP contribution in [0.4, 0.5) is 18.0 Å². The van der Waals surface area contributed by atoms with Crippen molar-refractivity contribution in [2.75, 3.05) is 26.3 Å². The van der Waals surface area contributed by atoms with E-state index in [2.05, 4.69) is 5.32 Å². The van der Waals surface area contributed by atoms with Gasteiger partial charge in [-0.25, -0.2) is 9.59 Å². The zero-order valence-corrected chi connectivity index (χ0v) is 21.7. The van der Waals surface area contributed by atoms with E-state index in [1.807, 2.05) is 0 Å². The maximum absolute atomic E-state index is 12.9. The van der Waals surface area contributed by atoms with Crippen LogP contribution in [-0.4, -0.2) is 66.6 Å². The summed E-state index contributed by atoms with van der Waals surface area (Å²) in [6.45, 7) is 3.15. The highest BCUT2D eigenvalue weighted by atomic mass is 19.4. The number of halogens is 3. The third-order valence-corrected chi connectivity index (χ3v) is 6.48. The molecule has 1 atom stereocenters. The van der Waals surface area contributed by atoms with Crippen LogP contribution in [0.2, 0.25) is 0 Å². The number of benzene rings is 1. The summed E-state index contributed by atoms with van der Waals surface area (Å²) in [6, 6.07) is 7.10. The van der Waals surface area contributed by atoms with E-state index in [4.69, 9.17) is 9.47 Å². The number of carbonyl (C=O) groups excluding carboxylic acids is 1. The molecule has 210 valence electrons. The van der Waals surface area contributed by atoms with Gasteiger partial charge in [0.2, 0.25) is 0 Å². The predicted molar refractivity (Wildman–Crippen MR) is 135 cm³/mol. The molecule has 37 heavy (non-hydrogen) atoms. The van der Waals surface area contributed by atoms with Crippen molar-refractivity contribution in [2.45, 2.75) is 95.9 Å². The number of alkyl halides is 3. The van der Waals surface area contributed by atoms with Crippen LogP contribution in [0.5, 0.6) is 5.75 Å². The van der Waals surface area contributed by atoms with Gasteiger partial charge in [-0.05, 0) is 50.3 Å². The van der Waals surface area contributed by atoms with Crippen molar-refractivity contribution in [1.29, 1.82) is 0 Å². The third-order valence-electron chi connectivity index (χ3n) is 6.48. The van der Waals surface area contributed by atoms with Gasteiger partial charge >= 0.3 is 18.2 Å². The first-order chi connectivity index (χ1) is 17.7. The van der Waals surface area contributed by atoms with E-state index < -0.39 is 24.7 Å². The lowest BCUT2D eigenvalue weighted by atomic mass is 9.96. The Kier molecular flexibility index (Phi) is 13.6. The number of aliphatic carboxylic acids is 1. The molecule has 2 amide bonds. The van der Waals surface area contributed by atoms with E-state index in [0.29, 0.717) is 44.7 Å². The average molecular weight is 531 g/mol. The fourth-order valence-corrected chi connectivity index (χ4v) is 4.44. The fraction of sp³-hybridized carbons (Fsp3) is 0.704. The molecule has 0 spiro atoms. The summed E-state index contributed by atoms with van der Waals surface area (Å²) in [5.74, 6) is -0.402. The van der Waals surface area contributed by atoms with Crippen molar-refractivity contribution in [1.82, 2.24) is 10.2 Å². The van der Waals surface area contributed by atoms with Gasteiger partial charge in [0.05, 0.1) is 6.54 Å². The zero-order chi connectivity index (χ0) is 27.1. The summed E-state index contributed by atoms with van der Waals surface area (Å²) in [6.07, 6.45) is 1.61. The van der Waals surface area contributed by atoms with Gasteiger partial charge in [0.1, 0.15) is 12.4 Å². The molecule has 2 rings (SSSR count). The van der Waals surface area contributed by atoms with Gasteiger partial charge in [-0.15, -0.1) is 0 Å². The Bertz CT molecular complexity index is 798. The van der Waals surface area contributed by atoms with Crippen molar-refractivity contribution < 1.29 is 37.3 Å². The Morgan fingerprint density at radius 1 is 1.05 bits per heavy atom. The van der Waals surface area contributed by atoms with Crippen LogP contribution in [0.15, 0.2) is 24.3 Å². The molecular weight excluding hydrogens is 489 g/mol. The van der Waals surface area contributed by atoms with Gasteiger partial charge in [0.25, 0.3) is 0 Å². The van der Waals surface area contributed by atoms with Gasteiger partial charge in [-0.3, -0.25) is 0 Å². The Labute approximate surface area is 217 Å². The second-order valence-corrected chi connectivity index (χ2v) is 9.53. The van der Waals surface area contributed by atoms with Crippen molar-refractivity contribution >= 4 is 12.0 Å². The maximum atomic E-state index is 12.9. The number of ether oxygens (including phenoxy) is 2. The van der Waals surface area contributed by atoms with Crippen LogP contribution in [0.3, 0.4) is 0 Å². The van der Waals surface area contributed by atoms with Gasteiger partial charge < -0.3 is 24.8 Å². The molecule has 0 aromatic heterocycles. The lowest BCUT2D eigenvalue weighted by molar-refractivity contribution is -0.150. The Hall–Kier alpha value is -2.49. The second kappa shape index (κ2) is 16.4. The first-order valence-corrected chi connectivity index (χ1v) is 13.4. The normalized spacial score (nSPS) is 15.2. The van der Waals surface area contributed by atoms with Crippen LogP contribution in [0.1, 0.15) is 76.7 Å². The van der Waals surface area contributed by atoms with E-state index in [9.17, 15) is 27.9 Å². The lowest BCUT2D eigenvalue weighted by Crippen LogP contribution is -2.47. The minimum atomic E-state index is -4.12. The number of urea groups is 1. The van der Waals surface area contributed by atoms with E-state index >= 15 is 0 Å². The van der Waals surface area contributed by atoms with Crippen LogP contribution < -0.4 is 10.1 Å². The predicted octanol–water partition coefficient (Wildman–Crippen LogP) is 5.95. The minimum absolute atomic E-state index is 0.106. The summed E-state index contributed by atoms with van der Waals surface area (Å²) in [7, 11) is 0. The SMILES string of the molecule is CCOC(Cc1ccc(OCCN(CCCCCCC(F)(F)F)C(=O)NC2CCCCC2)cc1)C(=O)O. The van der Waals surface area contributed by atoms with Crippen LogP contribution in [0.25, 0.3) is 0 Å². The smallest absolute Gasteiger partial charge is 0.389 e. The van der Waals surface area contributed by atoms with Crippen molar-refractivity contribution in [3.05, 3.63) is 29.8 Å².